The van der Waals surface area contributed by atoms with Gasteiger partial charge < -0.3 is 20.6 Å². The van der Waals surface area contributed by atoms with E-state index in [1.807, 2.05) is 20.8 Å². The fourth-order valence-corrected chi connectivity index (χ4v) is 4.08. The first-order chi connectivity index (χ1) is 19.4. The summed E-state index contributed by atoms with van der Waals surface area (Å²) in [4.78, 5) is 50.1. The number of hydrogen-bond acceptors (Lipinski definition) is 9. The number of nitrogen functional groups attached to an aromatic ring is 1. The van der Waals surface area contributed by atoms with Gasteiger partial charge in [-0.3, -0.25) is 25.1 Å². The van der Waals surface area contributed by atoms with Crippen molar-refractivity contribution in [3.05, 3.63) is 93.0 Å². The Kier molecular flexibility index (Phi) is 9.11. The van der Waals surface area contributed by atoms with E-state index in [1.54, 1.807) is 0 Å². The lowest BCUT2D eigenvalue weighted by molar-refractivity contribution is -0.384. The minimum absolute atomic E-state index is 0.00885. The highest BCUT2D eigenvalue weighted by Gasteiger charge is 2.26. The van der Waals surface area contributed by atoms with Crippen LogP contribution in [0.1, 0.15) is 57.4 Å². The number of nitro benzene ring substituents is 1. The second-order valence-corrected chi connectivity index (χ2v) is 12.1. The van der Waals surface area contributed by atoms with Crippen LogP contribution in [0.2, 0.25) is 0 Å². The van der Waals surface area contributed by atoms with Crippen LogP contribution in [0, 0.1) is 20.9 Å². The van der Waals surface area contributed by atoms with Crippen molar-refractivity contribution in [3.8, 4) is 11.1 Å². The molecule has 3 aromatic carbocycles. The lowest BCUT2D eigenvalue weighted by atomic mass is 9.92. The van der Waals surface area contributed by atoms with Gasteiger partial charge in [0.15, 0.2) is 0 Å². The first kappa shape index (κ1) is 31.4. The molecule has 2 amide bonds. The molecule has 14 heteroatoms. The van der Waals surface area contributed by atoms with Crippen LogP contribution in [0.15, 0.2) is 60.7 Å². The zero-order chi connectivity index (χ0) is 31.4. The van der Waals surface area contributed by atoms with Crippen LogP contribution >= 0.6 is 0 Å². The second kappa shape index (κ2) is 12.2. The molecule has 42 heavy (non-hydrogen) atoms. The standard InChI is InChI=1S/C28H29N5O8S/c1-28(2,3)15-31-25(34)17-7-11-20(23(13-17)27(36)41-42(4,39)40)22-14-19(33(37)38)10-12-21(22)26(35)32-18-8-5-16(6-9-18)24(29)30/h5-14H,15H2,1-4H3,(H3,29,30)(H,31,34)(H,32,35). The van der Waals surface area contributed by atoms with E-state index in [0.29, 0.717) is 24.1 Å². The van der Waals surface area contributed by atoms with E-state index < -0.39 is 44.1 Å². The minimum Gasteiger partial charge on any atom is -0.384 e. The number of nitrogens with zero attached hydrogens (tertiary/aromatic N) is 1. The quantitative estimate of drug-likeness (QED) is 0.0932. The van der Waals surface area contributed by atoms with Gasteiger partial charge in [0.05, 0.1) is 16.7 Å². The average molecular weight is 596 g/mol. The molecular formula is C28H29N5O8S. The van der Waals surface area contributed by atoms with Crippen molar-refractivity contribution >= 4 is 45.1 Å². The van der Waals surface area contributed by atoms with Gasteiger partial charge in [-0.2, -0.15) is 8.42 Å². The normalized spacial score (nSPS) is 11.3. The van der Waals surface area contributed by atoms with Gasteiger partial charge in [-0.15, -0.1) is 0 Å². The van der Waals surface area contributed by atoms with Crippen molar-refractivity contribution in [3.63, 3.8) is 0 Å². The van der Waals surface area contributed by atoms with Gasteiger partial charge >= 0.3 is 16.1 Å². The third-order valence-electron chi connectivity index (χ3n) is 5.71. The number of nitrogens with two attached hydrogens (primary N) is 1. The maximum Gasteiger partial charge on any atom is 0.354 e. The first-order valence-electron chi connectivity index (χ1n) is 12.4. The molecule has 3 rings (SSSR count). The number of amidine groups is 1. The molecule has 0 saturated heterocycles. The smallest absolute Gasteiger partial charge is 0.354 e. The van der Waals surface area contributed by atoms with E-state index in [-0.39, 0.29) is 33.5 Å². The summed E-state index contributed by atoms with van der Waals surface area (Å²) in [5.74, 6) is -2.80. The molecule has 0 aromatic heterocycles. The van der Waals surface area contributed by atoms with Crippen molar-refractivity contribution in [1.29, 1.82) is 5.41 Å². The topological polar surface area (TPSA) is 212 Å². The highest BCUT2D eigenvalue weighted by molar-refractivity contribution is 7.86. The lowest BCUT2D eigenvalue weighted by Gasteiger charge is -2.19. The predicted octanol–water partition coefficient (Wildman–Crippen LogP) is 3.69. The second-order valence-electron chi connectivity index (χ2n) is 10.5. The highest BCUT2D eigenvalue weighted by atomic mass is 32.2. The number of non-ortho nitro benzene ring substituents is 1. The van der Waals surface area contributed by atoms with Crippen LogP contribution in [0.5, 0.6) is 0 Å². The summed E-state index contributed by atoms with van der Waals surface area (Å²) in [7, 11) is -4.29. The Morgan fingerprint density at radius 1 is 0.929 bits per heavy atom. The maximum absolute atomic E-state index is 13.3. The lowest BCUT2D eigenvalue weighted by Crippen LogP contribution is -2.32. The third kappa shape index (κ3) is 8.20. The van der Waals surface area contributed by atoms with Gasteiger partial charge in [0, 0.05) is 46.6 Å². The summed E-state index contributed by atoms with van der Waals surface area (Å²) in [5.41, 5.74) is 4.82. The Morgan fingerprint density at radius 2 is 1.55 bits per heavy atom. The van der Waals surface area contributed by atoms with Gasteiger partial charge in [0.2, 0.25) is 0 Å². The number of amides is 2. The number of benzene rings is 3. The molecule has 0 spiro atoms. The number of hydrogen-bond donors (Lipinski definition) is 4. The molecule has 0 saturated carbocycles. The van der Waals surface area contributed by atoms with Crippen LogP contribution in [-0.2, 0) is 14.3 Å². The summed E-state index contributed by atoms with van der Waals surface area (Å²) in [6, 6.07) is 13.1. The molecule has 13 nitrogen and oxygen atoms in total. The highest BCUT2D eigenvalue weighted by Crippen LogP contribution is 2.33. The van der Waals surface area contributed by atoms with E-state index in [4.69, 9.17) is 11.1 Å². The van der Waals surface area contributed by atoms with Crippen molar-refractivity contribution < 1.29 is 31.9 Å². The Morgan fingerprint density at radius 3 is 2.10 bits per heavy atom. The zero-order valence-corrected chi connectivity index (χ0v) is 24.0. The number of anilines is 1. The summed E-state index contributed by atoms with van der Waals surface area (Å²) < 4.78 is 28.1. The maximum atomic E-state index is 13.3. The van der Waals surface area contributed by atoms with Gasteiger partial charge in [-0.05, 0) is 53.4 Å². The van der Waals surface area contributed by atoms with Crippen LogP contribution in [0.3, 0.4) is 0 Å². The van der Waals surface area contributed by atoms with E-state index in [2.05, 4.69) is 14.8 Å². The minimum atomic E-state index is -4.29. The SMILES string of the molecule is CC(C)(C)CNC(=O)c1ccc(-c2cc([N+](=O)[O-])ccc2C(=O)Nc2ccc(C(=N)N)cc2)c(C(=O)OS(C)(=O)=O)c1. The van der Waals surface area contributed by atoms with Gasteiger partial charge in [0.1, 0.15) is 5.84 Å². The van der Waals surface area contributed by atoms with Crippen molar-refractivity contribution in [2.24, 2.45) is 11.1 Å². The molecule has 220 valence electrons. The number of carbonyl (C=O) groups is 3. The molecule has 0 heterocycles. The third-order valence-corrected chi connectivity index (χ3v) is 6.16. The van der Waals surface area contributed by atoms with Crippen molar-refractivity contribution in [1.82, 2.24) is 5.32 Å². The molecule has 0 bridgehead atoms. The van der Waals surface area contributed by atoms with Crippen LogP contribution in [0.25, 0.3) is 11.1 Å². The Labute approximate surface area is 241 Å². The van der Waals surface area contributed by atoms with Crippen molar-refractivity contribution in [2.45, 2.75) is 20.8 Å². The molecule has 0 aliphatic rings. The molecule has 0 atom stereocenters. The molecule has 3 aromatic rings. The molecule has 5 N–H and O–H groups in total. The van der Waals surface area contributed by atoms with E-state index in [0.717, 1.165) is 18.2 Å². The monoisotopic (exact) mass is 595 g/mol. The number of nitrogens with one attached hydrogen (secondary N) is 3. The Bertz CT molecular complexity index is 1690. The van der Waals surface area contributed by atoms with E-state index >= 15 is 0 Å². The van der Waals surface area contributed by atoms with Gasteiger partial charge in [0.25, 0.3) is 17.5 Å². The predicted molar refractivity (Wildman–Crippen MR) is 156 cm³/mol. The number of carbonyl (C=O) groups excluding carboxylic acids is 3. The Hall–Kier alpha value is -5.11. The zero-order valence-electron chi connectivity index (χ0n) is 23.2. The summed E-state index contributed by atoms with van der Waals surface area (Å²) in [6.07, 6.45) is 0.661. The average Bonchev–Trinajstić information content (AvgIpc) is 2.89. The first-order valence-corrected chi connectivity index (χ1v) is 14.2. The number of nitro groups is 1. The van der Waals surface area contributed by atoms with Gasteiger partial charge in [-0.25, -0.2) is 4.79 Å². The Balaban J connectivity index is 2.16. The summed E-state index contributed by atoms with van der Waals surface area (Å²) in [5, 5.41) is 24.5. The molecule has 0 aliphatic carbocycles. The van der Waals surface area contributed by atoms with E-state index in [9.17, 15) is 32.9 Å². The van der Waals surface area contributed by atoms with Crippen LogP contribution in [-0.4, -0.2) is 49.8 Å². The molecule has 0 radical (unpaired) electrons. The summed E-state index contributed by atoms with van der Waals surface area (Å²) in [6.45, 7) is 5.99. The van der Waals surface area contributed by atoms with Crippen LogP contribution < -0.4 is 16.4 Å². The number of rotatable bonds is 9. The fourth-order valence-electron chi connectivity index (χ4n) is 3.72. The van der Waals surface area contributed by atoms with Gasteiger partial charge in [-0.1, -0.05) is 26.8 Å². The molecule has 0 unspecified atom stereocenters. The van der Waals surface area contributed by atoms with Crippen molar-refractivity contribution in [2.75, 3.05) is 18.1 Å². The molecule has 0 fully saturated rings. The largest absolute Gasteiger partial charge is 0.384 e. The van der Waals surface area contributed by atoms with E-state index in [1.165, 1.54) is 42.5 Å². The molecule has 0 aliphatic heterocycles. The molecular weight excluding hydrogens is 566 g/mol. The fraction of sp³-hybridized carbons (Fsp3) is 0.214. The summed E-state index contributed by atoms with van der Waals surface area (Å²) >= 11 is 0. The van der Waals surface area contributed by atoms with Crippen LogP contribution in [0.4, 0.5) is 11.4 Å².